The van der Waals surface area contributed by atoms with Crippen LogP contribution in [0.3, 0.4) is 0 Å². The van der Waals surface area contributed by atoms with Crippen molar-refractivity contribution >= 4 is 17.3 Å². The molecule has 0 spiro atoms. The first kappa shape index (κ1) is 16.8. The fourth-order valence-corrected chi connectivity index (χ4v) is 2.89. The summed E-state index contributed by atoms with van der Waals surface area (Å²) in [7, 11) is 0. The molecule has 5 nitrogen and oxygen atoms in total. The number of nitrogens with zero attached hydrogens (tertiary/aromatic N) is 2. The smallest absolute Gasteiger partial charge is 0.255 e. The van der Waals surface area contributed by atoms with E-state index in [4.69, 9.17) is 5.73 Å². The van der Waals surface area contributed by atoms with Gasteiger partial charge in [-0.25, -0.2) is 4.98 Å². The number of fused-ring (bicyclic) bond motifs is 1. The number of rotatable bonds is 2. The summed E-state index contributed by atoms with van der Waals surface area (Å²) in [6, 6.07) is 4.02. The van der Waals surface area contributed by atoms with Crippen LogP contribution in [0.4, 0.5) is 5.82 Å². The highest BCUT2D eigenvalue weighted by atomic mass is 16.1. The van der Waals surface area contributed by atoms with Gasteiger partial charge in [-0.1, -0.05) is 11.6 Å². The molecule has 1 aliphatic heterocycles. The Balaban J connectivity index is 2.64. The SMILES string of the molecule is CC(C)=CC(C)=C(C#N)c1cc2c(c(N)n1)C(=O)NC(C)(C)C2. The molecule has 1 amide bonds. The number of carbonyl (C=O) groups is 1. The second kappa shape index (κ2) is 5.88. The van der Waals surface area contributed by atoms with Crippen molar-refractivity contribution in [3.63, 3.8) is 0 Å². The Bertz CT molecular complexity index is 775. The van der Waals surface area contributed by atoms with Gasteiger partial charge in [-0.3, -0.25) is 4.79 Å². The molecule has 2 heterocycles. The van der Waals surface area contributed by atoms with Crippen LogP contribution in [-0.4, -0.2) is 16.4 Å². The van der Waals surface area contributed by atoms with E-state index in [1.165, 1.54) is 0 Å². The van der Waals surface area contributed by atoms with E-state index in [1.54, 1.807) is 0 Å². The van der Waals surface area contributed by atoms with Gasteiger partial charge < -0.3 is 11.1 Å². The van der Waals surface area contributed by atoms with Crippen molar-refractivity contribution in [1.29, 1.82) is 5.26 Å². The molecule has 3 N–H and O–H groups in total. The molecule has 0 bridgehead atoms. The lowest BCUT2D eigenvalue weighted by Gasteiger charge is -2.32. The number of nitrogens with one attached hydrogen (secondary N) is 1. The second-order valence-corrected chi connectivity index (χ2v) is 6.83. The van der Waals surface area contributed by atoms with E-state index in [0.29, 0.717) is 23.3 Å². The van der Waals surface area contributed by atoms with Crippen molar-refractivity contribution in [2.75, 3.05) is 5.73 Å². The van der Waals surface area contributed by atoms with Crippen molar-refractivity contribution in [3.05, 3.63) is 40.1 Å². The molecule has 0 saturated heterocycles. The molecule has 0 saturated carbocycles. The number of hydrogen-bond acceptors (Lipinski definition) is 4. The third-order valence-electron chi connectivity index (χ3n) is 3.71. The summed E-state index contributed by atoms with van der Waals surface area (Å²) in [5, 5.41) is 12.4. The zero-order chi connectivity index (χ0) is 17.4. The molecular weight excluding hydrogens is 288 g/mol. The average molecular weight is 310 g/mol. The maximum Gasteiger partial charge on any atom is 0.255 e. The minimum absolute atomic E-state index is 0.170. The van der Waals surface area contributed by atoms with Crippen molar-refractivity contribution in [2.45, 2.75) is 46.6 Å². The molecule has 0 aliphatic carbocycles. The van der Waals surface area contributed by atoms with E-state index < -0.39 is 0 Å². The summed E-state index contributed by atoms with van der Waals surface area (Å²) in [6.45, 7) is 9.73. The highest BCUT2D eigenvalue weighted by molar-refractivity contribution is 6.02. The van der Waals surface area contributed by atoms with Crippen LogP contribution >= 0.6 is 0 Å². The molecule has 5 heteroatoms. The molecule has 1 aliphatic rings. The first-order chi connectivity index (χ1) is 10.6. The van der Waals surface area contributed by atoms with Gasteiger partial charge in [0.05, 0.1) is 16.8 Å². The summed E-state index contributed by atoms with van der Waals surface area (Å²) >= 11 is 0. The summed E-state index contributed by atoms with van der Waals surface area (Å²) < 4.78 is 0. The molecule has 1 aromatic rings. The zero-order valence-electron chi connectivity index (χ0n) is 14.2. The second-order valence-electron chi connectivity index (χ2n) is 6.83. The minimum atomic E-state index is -0.347. The Kier molecular flexibility index (Phi) is 4.28. The maximum absolute atomic E-state index is 12.2. The lowest BCUT2D eigenvalue weighted by atomic mass is 9.86. The third kappa shape index (κ3) is 3.42. The van der Waals surface area contributed by atoms with E-state index >= 15 is 0 Å². The van der Waals surface area contributed by atoms with Crippen molar-refractivity contribution in [1.82, 2.24) is 10.3 Å². The number of amides is 1. The summed E-state index contributed by atoms with van der Waals surface area (Å²) in [5.74, 6) is -0.0421. The molecule has 1 aromatic heterocycles. The quantitative estimate of drug-likeness (QED) is 0.649. The fraction of sp³-hybridized carbons (Fsp3) is 0.389. The highest BCUT2D eigenvalue weighted by Crippen LogP contribution is 2.29. The summed E-state index contributed by atoms with van der Waals surface area (Å²) in [5.41, 5.74) is 9.83. The predicted octanol–water partition coefficient (Wildman–Crippen LogP) is 2.99. The van der Waals surface area contributed by atoms with E-state index in [9.17, 15) is 10.1 Å². The first-order valence-electron chi connectivity index (χ1n) is 7.53. The minimum Gasteiger partial charge on any atom is -0.383 e. The molecule has 0 aromatic carbocycles. The number of pyridine rings is 1. The van der Waals surface area contributed by atoms with Gasteiger partial charge in [-0.15, -0.1) is 0 Å². The Labute approximate surface area is 136 Å². The van der Waals surface area contributed by atoms with Crippen LogP contribution in [0.5, 0.6) is 0 Å². The van der Waals surface area contributed by atoms with Crippen LogP contribution in [-0.2, 0) is 6.42 Å². The van der Waals surface area contributed by atoms with Crippen LogP contribution < -0.4 is 11.1 Å². The number of aromatic nitrogens is 1. The number of hydrogen-bond donors (Lipinski definition) is 2. The van der Waals surface area contributed by atoms with Gasteiger partial charge in [-0.2, -0.15) is 5.26 Å². The molecular formula is C18H22N4O. The van der Waals surface area contributed by atoms with Gasteiger partial charge in [0.15, 0.2) is 0 Å². The maximum atomic E-state index is 12.2. The Morgan fingerprint density at radius 1 is 1.43 bits per heavy atom. The number of anilines is 1. The van der Waals surface area contributed by atoms with Gasteiger partial charge in [0.1, 0.15) is 11.9 Å². The Morgan fingerprint density at radius 3 is 2.65 bits per heavy atom. The monoisotopic (exact) mass is 310 g/mol. The number of carbonyl (C=O) groups excluding carboxylic acids is 1. The van der Waals surface area contributed by atoms with Crippen LogP contribution in [0.25, 0.3) is 5.57 Å². The first-order valence-corrected chi connectivity index (χ1v) is 7.53. The predicted molar refractivity (Wildman–Crippen MR) is 91.5 cm³/mol. The van der Waals surface area contributed by atoms with Gasteiger partial charge in [0, 0.05) is 5.54 Å². The van der Waals surface area contributed by atoms with Gasteiger partial charge in [0.25, 0.3) is 5.91 Å². The zero-order valence-corrected chi connectivity index (χ0v) is 14.2. The van der Waals surface area contributed by atoms with Crippen molar-refractivity contribution < 1.29 is 4.79 Å². The topological polar surface area (TPSA) is 91.8 Å². The Hall–Kier alpha value is -2.61. The Morgan fingerprint density at radius 2 is 2.09 bits per heavy atom. The number of allylic oxidation sites excluding steroid dienone is 4. The largest absolute Gasteiger partial charge is 0.383 e. The fourth-order valence-electron chi connectivity index (χ4n) is 2.89. The van der Waals surface area contributed by atoms with Gasteiger partial charge in [0.2, 0.25) is 0 Å². The average Bonchev–Trinajstić information content (AvgIpc) is 2.35. The molecule has 120 valence electrons. The lowest BCUT2D eigenvalue weighted by Crippen LogP contribution is -2.49. The van der Waals surface area contributed by atoms with E-state index in [0.717, 1.165) is 16.7 Å². The molecule has 0 fully saturated rings. The van der Waals surface area contributed by atoms with Crippen LogP contribution in [0, 0.1) is 11.3 Å². The lowest BCUT2D eigenvalue weighted by molar-refractivity contribution is 0.0897. The molecule has 2 rings (SSSR count). The highest BCUT2D eigenvalue weighted by Gasteiger charge is 2.32. The van der Waals surface area contributed by atoms with E-state index in [2.05, 4.69) is 16.4 Å². The summed E-state index contributed by atoms with van der Waals surface area (Å²) in [6.07, 6.45) is 2.58. The van der Waals surface area contributed by atoms with E-state index in [-0.39, 0.29) is 17.3 Å². The molecule has 23 heavy (non-hydrogen) atoms. The third-order valence-corrected chi connectivity index (χ3v) is 3.71. The number of nitrogens with two attached hydrogens (primary N) is 1. The molecule has 0 atom stereocenters. The number of nitriles is 1. The normalized spacial score (nSPS) is 16.6. The van der Waals surface area contributed by atoms with Gasteiger partial charge in [-0.05, 0) is 58.2 Å². The summed E-state index contributed by atoms with van der Waals surface area (Å²) in [4.78, 5) is 16.5. The van der Waals surface area contributed by atoms with Gasteiger partial charge >= 0.3 is 0 Å². The van der Waals surface area contributed by atoms with Crippen LogP contribution in [0.1, 0.15) is 56.2 Å². The number of nitrogen functional groups attached to an aromatic ring is 1. The molecule has 0 unspecified atom stereocenters. The van der Waals surface area contributed by atoms with Crippen LogP contribution in [0.2, 0.25) is 0 Å². The van der Waals surface area contributed by atoms with E-state index in [1.807, 2.05) is 46.8 Å². The van der Waals surface area contributed by atoms with Crippen molar-refractivity contribution in [2.24, 2.45) is 0 Å². The standard InChI is InChI=1S/C18H22N4O/c1-10(2)6-11(3)13(9-19)14-7-12-8-18(4,5)22-17(23)15(12)16(20)21-14/h6-7H,8H2,1-5H3,(H2,20,21)(H,22,23). The van der Waals surface area contributed by atoms with Crippen LogP contribution in [0.15, 0.2) is 23.3 Å². The molecule has 0 radical (unpaired) electrons. The van der Waals surface area contributed by atoms with Crippen molar-refractivity contribution in [3.8, 4) is 6.07 Å².